The SMILES string of the molecule is CCC(CC)C(=O)Nc1ccc(N2CCCCC2CC)nn1. The first kappa shape index (κ1) is 16.7. The molecule has 0 aliphatic carbocycles. The van der Waals surface area contributed by atoms with E-state index >= 15 is 0 Å². The molecule has 2 heterocycles. The minimum atomic E-state index is 0.0384. The summed E-state index contributed by atoms with van der Waals surface area (Å²) in [7, 11) is 0. The molecule has 0 spiro atoms. The Morgan fingerprint density at radius 3 is 2.64 bits per heavy atom. The molecule has 0 bridgehead atoms. The van der Waals surface area contributed by atoms with Crippen LogP contribution in [-0.4, -0.2) is 28.7 Å². The predicted molar refractivity (Wildman–Crippen MR) is 90.0 cm³/mol. The molecular formula is C17H28N4O. The van der Waals surface area contributed by atoms with Gasteiger partial charge in [0.05, 0.1) is 0 Å². The van der Waals surface area contributed by atoms with E-state index in [1.807, 2.05) is 26.0 Å². The van der Waals surface area contributed by atoms with Crippen molar-refractivity contribution in [3.05, 3.63) is 12.1 Å². The van der Waals surface area contributed by atoms with Gasteiger partial charge in [0, 0.05) is 18.5 Å². The quantitative estimate of drug-likeness (QED) is 0.872. The van der Waals surface area contributed by atoms with Gasteiger partial charge in [-0.3, -0.25) is 4.79 Å². The Morgan fingerprint density at radius 1 is 1.27 bits per heavy atom. The molecule has 1 amide bonds. The number of carbonyl (C=O) groups excluding carboxylic acids is 1. The first-order chi connectivity index (χ1) is 10.7. The Balaban J connectivity index is 2.02. The Labute approximate surface area is 133 Å². The molecular weight excluding hydrogens is 276 g/mol. The van der Waals surface area contributed by atoms with Crippen molar-refractivity contribution in [2.45, 2.75) is 65.3 Å². The first-order valence-corrected chi connectivity index (χ1v) is 8.60. The summed E-state index contributed by atoms with van der Waals surface area (Å²) in [6, 6.07) is 4.40. The van der Waals surface area contributed by atoms with Crippen molar-refractivity contribution in [2.75, 3.05) is 16.8 Å². The van der Waals surface area contributed by atoms with Gasteiger partial charge in [-0.1, -0.05) is 20.8 Å². The van der Waals surface area contributed by atoms with Crippen LogP contribution in [0.5, 0.6) is 0 Å². The Morgan fingerprint density at radius 2 is 2.05 bits per heavy atom. The third kappa shape index (κ3) is 3.96. The van der Waals surface area contributed by atoms with Gasteiger partial charge < -0.3 is 10.2 Å². The number of aromatic nitrogens is 2. The number of carbonyl (C=O) groups is 1. The van der Waals surface area contributed by atoms with Gasteiger partial charge in [-0.2, -0.15) is 0 Å². The summed E-state index contributed by atoms with van der Waals surface area (Å²) in [5, 5.41) is 11.4. The van der Waals surface area contributed by atoms with Crippen LogP contribution >= 0.6 is 0 Å². The molecule has 1 fully saturated rings. The van der Waals surface area contributed by atoms with E-state index in [9.17, 15) is 4.79 Å². The fraction of sp³-hybridized carbons (Fsp3) is 0.706. The number of hydrogen-bond acceptors (Lipinski definition) is 4. The second-order valence-electron chi connectivity index (χ2n) is 6.03. The molecule has 5 nitrogen and oxygen atoms in total. The average Bonchev–Trinajstić information content (AvgIpc) is 2.56. The number of amides is 1. The predicted octanol–water partition coefficient (Wildman–Crippen LogP) is 3.62. The summed E-state index contributed by atoms with van der Waals surface area (Å²) in [5.74, 6) is 1.56. The lowest BCUT2D eigenvalue weighted by molar-refractivity contribution is -0.120. The van der Waals surface area contributed by atoms with Crippen LogP contribution in [0.25, 0.3) is 0 Å². The highest BCUT2D eigenvalue weighted by molar-refractivity contribution is 5.91. The third-order valence-corrected chi connectivity index (χ3v) is 4.65. The number of nitrogens with one attached hydrogen (secondary N) is 1. The van der Waals surface area contributed by atoms with Gasteiger partial charge in [0.1, 0.15) is 0 Å². The summed E-state index contributed by atoms with van der Waals surface area (Å²) in [6.07, 6.45) is 6.57. The molecule has 0 saturated carbocycles. The van der Waals surface area contributed by atoms with Crippen molar-refractivity contribution >= 4 is 17.5 Å². The van der Waals surface area contributed by atoms with E-state index in [4.69, 9.17) is 0 Å². The molecule has 1 aliphatic rings. The molecule has 1 aromatic heterocycles. The van der Waals surface area contributed by atoms with E-state index < -0.39 is 0 Å². The van der Waals surface area contributed by atoms with Crippen molar-refractivity contribution in [3.63, 3.8) is 0 Å². The second kappa shape index (κ2) is 8.11. The van der Waals surface area contributed by atoms with Gasteiger partial charge in [0.25, 0.3) is 0 Å². The lowest BCUT2D eigenvalue weighted by Gasteiger charge is -2.35. The molecule has 1 atom stereocenters. The molecule has 1 saturated heterocycles. The molecule has 0 aromatic carbocycles. The number of rotatable bonds is 6. The number of anilines is 2. The minimum absolute atomic E-state index is 0.0384. The average molecular weight is 304 g/mol. The van der Waals surface area contributed by atoms with Gasteiger partial charge in [0.2, 0.25) is 5.91 Å². The molecule has 1 N–H and O–H groups in total. The Kier molecular flexibility index (Phi) is 6.16. The highest BCUT2D eigenvalue weighted by Gasteiger charge is 2.22. The molecule has 122 valence electrons. The topological polar surface area (TPSA) is 58.1 Å². The van der Waals surface area contributed by atoms with Gasteiger partial charge in [0.15, 0.2) is 11.6 Å². The monoisotopic (exact) mass is 304 g/mol. The summed E-state index contributed by atoms with van der Waals surface area (Å²) < 4.78 is 0. The molecule has 1 unspecified atom stereocenters. The van der Waals surface area contributed by atoms with E-state index in [0.29, 0.717) is 11.9 Å². The van der Waals surface area contributed by atoms with Crippen molar-refractivity contribution in [1.29, 1.82) is 0 Å². The molecule has 22 heavy (non-hydrogen) atoms. The number of piperidine rings is 1. The van der Waals surface area contributed by atoms with Crippen molar-refractivity contribution in [1.82, 2.24) is 10.2 Å². The first-order valence-electron chi connectivity index (χ1n) is 8.60. The zero-order valence-electron chi connectivity index (χ0n) is 14.0. The fourth-order valence-corrected chi connectivity index (χ4v) is 3.16. The highest BCUT2D eigenvalue weighted by atomic mass is 16.1. The summed E-state index contributed by atoms with van der Waals surface area (Å²) >= 11 is 0. The lowest BCUT2D eigenvalue weighted by atomic mass is 10.0. The normalized spacial score (nSPS) is 18.5. The van der Waals surface area contributed by atoms with Gasteiger partial charge in [-0.05, 0) is 50.7 Å². The lowest BCUT2D eigenvalue weighted by Crippen LogP contribution is -2.39. The van der Waals surface area contributed by atoms with E-state index in [0.717, 1.165) is 31.6 Å². The van der Waals surface area contributed by atoms with Crippen LogP contribution in [0.2, 0.25) is 0 Å². The Hall–Kier alpha value is -1.65. The van der Waals surface area contributed by atoms with E-state index in [2.05, 4.69) is 27.3 Å². The third-order valence-electron chi connectivity index (χ3n) is 4.65. The van der Waals surface area contributed by atoms with Crippen LogP contribution < -0.4 is 10.2 Å². The number of nitrogens with zero attached hydrogens (tertiary/aromatic N) is 3. The van der Waals surface area contributed by atoms with Crippen LogP contribution in [0.15, 0.2) is 12.1 Å². The van der Waals surface area contributed by atoms with Crippen LogP contribution in [0.3, 0.4) is 0 Å². The maximum atomic E-state index is 12.1. The smallest absolute Gasteiger partial charge is 0.228 e. The fourth-order valence-electron chi connectivity index (χ4n) is 3.16. The molecule has 1 aromatic rings. The standard InChI is InChI=1S/C17H28N4O/c1-4-13(5-2)17(22)18-15-10-11-16(20-19-15)21-12-8-7-9-14(21)6-3/h10-11,13-14H,4-9,12H2,1-3H3,(H,18,19,22). The van der Waals surface area contributed by atoms with Crippen molar-refractivity contribution in [2.24, 2.45) is 5.92 Å². The number of hydrogen-bond donors (Lipinski definition) is 1. The van der Waals surface area contributed by atoms with Crippen molar-refractivity contribution < 1.29 is 4.79 Å². The zero-order valence-corrected chi connectivity index (χ0v) is 14.0. The van der Waals surface area contributed by atoms with E-state index in [-0.39, 0.29) is 11.8 Å². The summed E-state index contributed by atoms with van der Waals surface area (Å²) in [5.41, 5.74) is 0. The van der Waals surface area contributed by atoms with Crippen LogP contribution in [0.4, 0.5) is 11.6 Å². The van der Waals surface area contributed by atoms with Crippen LogP contribution in [0, 0.1) is 5.92 Å². The largest absolute Gasteiger partial charge is 0.352 e. The van der Waals surface area contributed by atoms with E-state index in [1.54, 1.807) is 0 Å². The van der Waals surface area contributed by atoms with Crippen LogP contribution in [0.1, 0.15) is 59.3 Å². The maximum absolute atomic E-state index is 12.1. The van der Waals surface area contributed by atoms with Gasteiger partial charge in [-0.15, -0.1) is 10.2 Å². The maximum Gasteiger partial charge on any atom is 0.228 e. The van der Waals surface area contributed by atoms with Gasteiger partial charge >= 0.3 is 0 Å². The Bertz CT molecular complexity index is 470. The summed E-state index contributed by atoms with van der Waals surface area (Å²) in [4.78, 5) is 14.4. The molecule has 1 aliphatic heterocycles. The highest BCUT2D eigenvalue weighted by Crippen LogP contribution is 2.25. The minimum Gasteiger partial charge on any atom is -0.352 e. The molecule has 0 radical (unpaired) electrons. The second-order valence-corrected chi connectivity index (χ2v) is 6.03. The molecule has 5 heteroatoms. The van der Waals surface area contributed by atoms with E-state index in [1.165, 1.54) is 19.3 Å². The van der Waals surface area contributed by atoms with Crippen molar-refractivity contribution in [3.8, 4) is 0 Å². The summed E-state index contributed by atoms with van der Waals surface area (Å²) in [6.45, 7) is 7.33. The zero-order chi connectivity index (χ0) is 15.9. The van der Waals surface area contributed by atoms with Gasteiger partial charge in [-0.25, -0.2) is 0 Å². The van der Waals surface area contributed by atoms with Crippen LogP contribution in [-0.2, 0) is 4.79 Å². The molecule has 2 rings (SSSR count).